The van der Waals surface area contributed by atoms with Gasteiger partial charge in [0.25, 0.3) is 5.91 Å². The molecule has 2 amide bonds. The Morgan fingerprint density at radius 2 is 1.67 bits per heavy atom. The van der Waals surface area contributed by atoms with Gasteiger partial charge in [-0.2, -0.15) is 0 Å². The smallest absolute Gasteiger partial charge is 0.261 e. The average molecular weight is 514 g/mol. The first kappa shape index (κ1) is 27.3. The first-order chi connectivity index (χ1) is 15.3. The Labute approximate surface area is 211 Å². The number of aryl methyl sites for hydroxylation is 2. The highest BCUT2D eigenvalue weighted by Crippen LogP contribution is 2.27. The summed E-state index contributed by atoms with van der Waals surface area (Å²) in [6.07, 6.45) is 0.429. The normalized spacial score (nSPS) is 12.3. The van der Waals surface area contributed by atoms with Crippen LogP contribution in [0.5, 0.6) is 5.75 Å². The fraction of sp³-hybridized carbons (Fsp3) is 0.440. The number of amides is 2. The van der Waals surface area contributed by atoms with Crippen LogP contribution < -0.4 is 10.1 Å². The minimum absolute atomic E-state index is 0.146. The predicted octanol–water partition coefficient (Wildman–Crippen LogP) is 6.36. The third-order valence-corrected chi connectivity index (χ3v) is 6.20. The Kier molecular flexibility index (Phi) is 9.48. The number of carbonyl (C=O) groups is 2. The van der Waals surface area contributed by atoms with Crippen molar-refractivity contribution in [2.45, 2.75) is 66.1 Å². The Balaban J connectivity index is 2.31. The van der Waals surface area contributed by atoms with Crippen molar-refractivity contribution in [3.63, 3.8) is 0 Å². The molecule has 0 fully saturated rings. The Hall–Kier alpha value is -1.95. The maximum atomic E-state index is 13.3. The molecular formula is C25H31Cl3N2O3. The van der Waals surface area contributed by atoms with Gasteiger partial charge >= 0.3 is 0 Å². The summed E-state index contributed by atoms with van der Waals surface area (Å²) in [5, 5.41) is 4.56. The summed E-state index contributed by atoms with van der Waals surface area (Å²) in [5.41, 5.74) is 1.97. The van der Waals surface area contributed by atoms with Crippen molar-refractivity contribution in [1.82, 2.24) is 10.2 Å². The Bertz CT molecular complexity index is 995. The van der Waals surface area contributed by atoms with Crippen LogP contribution in [0, 0.1) is 13.8 Å². The monoisotopic (exact) mass is 512 g/mol. The number of hydrogen-bond acceptors (Lipinski definition) is 3. The van der Waals surface area contributed by atoms with Crippen LogP contribution in [0.1, 0.15) is 50.8 Å². The molecule has 1 N–H and O–H groups in total. The van der Waals surface area contributed by atoms with E-state index in [-0.39, 0.29) is 25.0 Å². The van der Waals surface area contributed by atoms with Crippen molar-refractivity contribution in [2.24, 2.45) is 0 Å². The molecule has 2 rings (SSSR count). The van der Waals surface area contributed by atoms with E-state index in [1.54, 1.807) is 30.3 Å². The molecule has 0 saturated heterocycles. The zero-order chi connectivity index (χ0) is 24.9. The Morgan fingerprint density at radius 1 is 1.06 bits per heavy atom. The van der Waals surface area contributed by atoms with Gasteiger partial charge in [-0.15, -0.1) is 0 Å². The highest BCUT2D eigenvalue weighted by Gasteiger charge is 2.31. The lowest BCUT2D eigenvalue weighted by atomic mass is 10.1. The highest BCUT2D eigenvalue weighted by atomic mass is 35.5. The number of ether oxygens (including phenoxy) is 1. The van der Waals surface area contributed by atoms with Crippen molar-refractivity contribution in [3.05, 3.63) is 62.1 Å². The van der Waals surface area contributed by atoms with E-state index in [4.69, 9.17) is 39.5 Å². The molecule has 5 nitrogen and oxygen atoms in total. The first-order valence-corrected chi connectivity index (χ1v) is 11.9. The SMILES string of the molecule is CC[C@H](C(=O)NC(C)(C)C)N(Cc1ccc(Cl)cc1Cl)C(=O)COc1cc(C)c(Cl)c(C)c1. The number of rotatable bonds is 8. The Morgan fingerprint density at radius 3 is 2.18 bits per heavy atom. The van der Waals surface area contributed by atoms with Gasteiger partial charge in [-0.25, -0.2) is 0 Å². The second-order valence-corrected chi connectivity index (χ2v) is 10.3. The molecule has 0 aliphatic heterocycles. The standard InChI is InChI=1S/C25H31Cl3N2O3/c1-7-21(24(32)29-25(4,5)6)30(13-17-8-9-18(26)12-20(17)27)22(31)14-33-19-10-15(2)23(28)16(3)11-19/h8-12,21H,7,13-14H2,1-6H3,(H,29,32)/t21-/m1/s1. The first-order valence-electron chi connectivity index (χ1n) is 10.8. The molecule has 0 aliphatic rings. The summed E-state index contributed by atoms with van der Waals surface area (Å²) >= 11 is 18.6. The summed E-state index contributed by atoms with van der Waals surface area (Å²) < 4.78 is 5.79. The van der Waals surface area contributed by atoms with Gasteiger partial charge in [-0.1, -0.05) is 47.8 Å². The molecule has 0 unspecified atom stereocenters. The molecule has 0 heterocycles. The predicted molar refractivity (Wildman–Crippen MR) is 135 cm³/mol. The molecule has 180 valence electrons. The lowest BCUT2D eigenvalue weighted by molar-refractivity contribution is -0.143. The van der Waals surface area contributed by atoms with Crippen LogP contribution >= 0.6 is 34.8 Å². The number of benzene rings is 2. The minimum Gasteiger partial charge on any atom is -0.484 e. The van der Waals surface area contributed by atoms with Gasteiger partial charge in [-0.3, -0.25) is 9.59 Å². The van der Waals surface area contributed by atoms with E-state index in [9.17, 15) is 9.59 Å². The van der Waals surface area contributed by atoms with E-state index >= 15 is 0 Å². The third-order valence-electron chi connectivity index (χ3n) is 5.01. The van der Waals surface area contributed by atoms with Crippen LogP contribution in [-0.2, 0) is 16.1 Å². The fourth-order valence-electron chi connectivity index (χ4n) is 3.42. The minimum atomic E-state index is -0.694. The van der Waals surface area contributed by atoms with Crippen LogP contribution in [-0.4, -0.2) is 34.9 Å². The van der Waals surface area contributed by atoms with Gasteiger partial charge in [-0.05, 0) is 82.0 Å². The number of halogens is 3. The molecule has 2 aromatic carbocycles. The molecule has 0 saturated carbocycles. The summed E-state index contributed by atoms with van der Waals surface area (Å²) in [6, 6.07) is 7.95. The fourth-order valence-corrected chi connectivity index (χ4v) is 4.00. The molecule has 0 radical (unpaired) electrons. The quantitative estimate of drug-likeness (QED) is 0.446. The van der Waals surface area contributed by atoms with Gasteiger partial charge in [0.1, 0.15) is 11.8 Å². The zero-order valence-corrected chi connectivity index (χ0v) is 22.2. The molecule has 0 bridgehead atoms. The molecule has 1 atom stereocenters. The van der Waals surface area contributed by atoms with Crippen molar-refractivity contribution in [2.75, 3.05) is 6.61 Å². The van der Waals surface area contributed by atoms with E-state index in [1.807, 2.05) is 41.5 Å². The average Bonchev–Trinajstić information content (AvgIpc) is 2.70. The van der Waals surface area contributed by atoms with Gasteiger partial charge in [0.2, 0.25) is 5.91 Å². The molecule has 0 spiro atoms. The van der Waals surface area contributed by atoms with Crippen LogP contribution in [0.15, 0.2) is 30.3 Å². The van der Waals surface area contributed by atoms with Crippen LogP contribution in [0.25, 0.3) is 0 Å². The topological polar surface area (TPSA) is 58.6 Å². The van der Waals surface area contributed by atoms with Crippen LogP contribution in [0.3, 0.4) is 0 Å². The van der Waals surface area contributed by atoms with Gasteiger partial charge < -0.3 is 15.0 Å². The highest BCUT2D eigenvalue weighted by molar-refractivity contribution is 6.35. The molecule has 8 heteroatoms. The van der Waals surface area contributed by atoms with Crippen molar-refractivity contribution < 1.29 is 14.3 Å². The summed E-state index contributed by atoms with van der Waals surface area (Å²) in [7, 11) is 0. The summed E-state index contributed by atoms with van der Waals surface area (Å²) in [4.78, 5) is 27.9. The third kappa shape index (κ3) is 7.80. The summed E-state index contributed by atoms with van der Waals surface area (Å²) in [5.74, 6) is -0.0248. The maximum absolute atomic E-state index is 13.3. The van der Waals surface area contributed by atoms with Crippen molar-refractivity contribution in [1.29, 1.82) is 0 Å². The van der Waals surface area contributed by atoms with Gasteiger partial charge in [0.05, 0.1) is 0 Å². The largest absolute Gasteiger partial charge is 0.484 e. The van der Waals surface area contributed by atoms with Crippen molar-refractivity contribution >= 4 is 46.6 Å². The number of carbonyl (C=O) groups excluding carboxylic acids is 2. The molecule has 0 aromatic heterocycles. The van der Waals surface area contributed by atoms with E-state index in [0.717, 1.165) is 11.1 Å². The number of hydrogen-bond donors (Lipinski definition) is 1. The second-order valence-electron chi connectivity index (χ2n) is 9.08. The number of nitrogens with zero attached hydrogens (tertiary/aromatic N) is 1. The van der Waals surface area contributed by atoms with Gasteiger partial charge in [0.15, 0.2) is 6.61 Å². The van der Waals surface area contributed by atoms with E-state index in [1.165, 1.54) is 4.90 Å². The lowest BCUT2D eigenvalue weighted by Gasteiger charge is -2.33. The molecule has 2 aromatic rings. The molecule has 0 aliphatic carbocycles. The van der Waals surface area contributed by atoms with E-state index in [2.05, 4.69) is 5.32 Å². The van der Waals surface area contributed by atoms with Gasteiger partial charge in [0, 0.05) is 27.2 Å². The number of nitrogens with one attached hydrogen (secondary N) is 1. The molecular weight excluding hydrogens is 483 g/mol. The summed E-state index contributed by atoms with van der Waals surface area (Å²) in [6.45, 7) is 11.2. The van der Waals surface area contributed by atoms with Crippen LogP contribution in [0.2, 0.25) is 15.1 Å². The lowest BCUT2D eigenvalue weighted by Crippen LogP contribution is -2.54. The second kappa shape index (κ2) is 11.5. The zero-order valence-electron chi connectivity index (χ0n) is 19.9. The van der Waals surface area contributed by atoms with E-state index < -0.39 is 11.6 Å². The maximum Gasteiger partial charge on any atom is 0.261 e. The van der Waals surface area contributed by atoms with Crippen LogP contribution in [0.4, 0.5) is 0 Å². The molecule has 33 heavy (non-hydrogen) atoms. The van der Waals surface area contributed by atoms with Crippen molar-refractivity contribution in [3.8, 4) is 5.75 Å². The van der Waals surface area contributed by atoms with E-state index in [0.29, 0.717) is 32.8 Å².